The van der Waals surface area contributed by atoms with Crippen LogP contribution in [-0.4, -0.2) is 6.16 Å². The molecule has 2 aromatic rings. The van der Waals surface area contributed by atoms with E-state index in [-0.39, 0.29) is 0 Å². The molecule has 2 aromatic carbocycles. The maximum atomic E-state index is 9.40. The van der Waals surface area contributed by atoms with Crippen molar-refractivity contribution in [2.75, 3.05) is 6.16 Å². The van der Waals surface area contributed by atoms with Gasteiger partial charge in [-0.1, -0.05) is 164 Å². The second kappa shape index (κ2) is 17.2. The van der Waals surface area contributed by atoms with Crippen LogP contribution >= 0.6 is 7.05 Å². The van der Waals surface area contributed by atoms with E-state index < -0.39 is 7.05 Å². The lowest BCUT2D eigenvalue weighted by molar-refractivity contribution is 0.531. The molecule has 0 heterocycles. The van der Waals surface area contributed by atoms with E-state index in [4.69, 9.17) is 0 Å². The van der Waals surface area contributed by atoms with Gasteiger partial charge >= 0.3 is 0 Å². The molecule has 0 bridgehead atoms. The van der Waals surface area contributed by atoms with Crippen LogP contribution in [0.5, 0.6) is 0 Å². The zero-order chi connectivity index (χ0) is 22.7. The Labute approximate surface area is 199 Å². The summed E-state index contributed by atoms with van der Waals surface area (Å²) >= 11 is 0. The van der Waals surface area contributed by atoms with Crippen LogP contribution in [-0.2, 0) is 0 Å². The first-order valence-electron chi connectivity index (χ1n) is 13.5. The molecule has 0 aromatic heterocycles. The molecule has 0 spiro atoms. The van der Waals surface area contributed by atoms with Gasteiger partial charge in [-0.15, -0.1) is 0 Å². The van der Waals surface area contributed by atoms with Gasteiger partial charge in [0.2, 0.25) is 0 Å². The fourth-order valence-corrected chi connectivity index (χ4v) is 7.54. The van der Waals surface area contributed by atoms with Crippen LogP contribution in [0.1, 0.15) is 110 Å². The van der Waals surface area contributed by atoms with Crippen LogP contribution < -0.4 is 10.6 Å². The van der Waals surface area contributed by atoms with Crippen LogP contribution in [0.4, 0.5) is 0 Å². The summed E-state index contributed by atoms with van der Waals surface area (Å²) in [6.07, 6.45) is 23.3. The zero-order valence-electron chi connectivity index (χ0n) is 20.7. The normalized spacial score (nSPS) is 11.7. The van der Waals surface area contributed by atoms with Crippen molar-refractivity contribution in [1.29, 1.82) is 5.16 Å². The van der Waals surface area contributed by atoms with E-state index in [1.165, 1.54) is 113 Å². The van der Waals surface area contributed by atoms with Crippen LogP contribution in [0.25, 0.3) is 0 Å². The Morgan fingerprint density at radius 2 is 0.781 bits per heavy atom. The molecule has 0 unspecified atom stereocenters. The summed E-state index contributed by atoms with van der Waals surface area (Å²) in [5, 5.41) is 11.9. The molecular formula is C30H48NP. The Morgan fingerprint density at radius 3 is 1.12 bits per heavy atom. The van der Waals surface area contributed by atoms with Crippen molar-refractivity contribution in [1.82, 2.24) is 0 Å². The summed E-state index contributed by atoms with van der Waals surface area (Å²) in [5.74, 6) is 0. The van der Waals surface area contributed by atoms with E-state index in [2.05, 4.69) is 67.6 Å². The first kappa shape index (κ1) is 26.9. The Kier molecular flexibility index (Phi) is 14.5. The predicted molar refractivity (Wildman–Crippen MR) is 146 cm³/mol. The third kappa shape index (κ3) is 10.5. The SMILES string of the molecule is CCCCCCCCCCCCCCCCCCP(=N)(c1ccccc1)c1ccccc1. The molecule has 0 fully saturated rings. The zero-order valence-corrected chi connectivity index (χ0v) is 21.6. The molecule has 32 heavy (non-hydrogen) atoms. The molecule has 0 aliphatic carbocycles. The standard InChI is InChI=1S/C30H48NP/c1-2-3-4-5-6-7-8-9-10-11-12-13-14-15-16-23-28-32(31,29-24-19-17-20-25-29)30-26-21-18-22-27-30/h17-22,24-27,31H,2-16,23,28H2,1H3. The van der Waals surface area contributed by atoms with Crippen LogP contribution in [0, 0.1) is 5.16 Å². The third-order valence-electron chi connectivity index (χ3n) is 6.74. The number of hydrogen-bond donors (Lipinski definition) is 1. The van der Waals surface area contributed by atoms with E-state index in [1.807, 2.05) is 0 Å². The molecule has 0 amide bonds. The van der Waals surface area contributed by atoms with E-state index in [1.54, 1.807) is 0 Å². The highest BCUT2D eigenvalue weighted by molar-refractivity contribution is 7.79. The summed E-state index contributed by atoms with van der Waals surface area (Å²) in [7, 11) is -2.01. The summed E-state index contributed by atoms with van der Waals surface area (Å²) in [4.78, 5) is 0. The second-order valence-corrected chi connectivity index (χ2v) is 12.6. The van der Waals surface area contributed by atoms with E-state index >= 15 is 0 Å². The minimum absolute atomic E-state index is 1.01. The lowest BCUT2D eigenvalue weighted by Gasteiger charge is -2.23. The van der Waals surface area contributed by atoms with Gasteiger partial charge in [0, 0.05) is 7.05 Å². The van der Waals surface area contributed by atoms with Gasteiger partial charge < -0.3 is 5.16 Å². The van der Waals surface area contributed by atoms with Gasteiger partial charge in [-0.2, -0.15) is 0 Å². The Bertz CT molecular complexity index is 682. The lowest BCUT2D eigenvalue weighted by Crippen LogP contribution is -2.18. The fourth-order valence-electron chi connectivity index (χ4n) is 4.67. The lowest BCUT2D eigenvalue weighted by atomic mass is 10.0. The van der Waals surface area contributed by atoms with Gasteiger partial charge in [-0.05, 0) is 23.2 Å². The minimum Gasteiger partial charge on any atom is -0.309 e. The molecule has 1 nitrogen and oxygen atoms in total. The number of rotatable bonds is 19. The highest BCUT2D eigenvalue weighted by Gasteiger charge is 2.21. The molecule has 2 rings (SSSR count). The van der Waals surface area contributed by atoms with Gasteiger partial charge in [0.05, 0.1) is 0 Å². The van der Waals surface area contributed by atoms with Crippen molar-refractivity contribution in [3.63, 3.8) is 0 Å². The molecule has 0 aliphatic rings. The van der Waals surface area contributed by atoms with Crippen LogP contribution in [0.3, 0.4) is 0 Å². The van der Waals surface area contributed by atoms with E-state index in [0.717, 1.165) is 6.16 Å². The Balaban J connectivity index is 1.53. The number of hydrogen-bond acceptors (Lipinski definition) is 1. The van der Waals surface area contributed by atoms with Crippen molar-refractivity contribution in [3.05, 3.63) is 60.7 Å². The fraction of sp³-hybridized carbons (Fsp3) is 0.600. The Hall–Kier alpha value is -1.33. The molecule has 1 N–H and O–H groups in total. The molecule has 0 radical (unpaired) electrons. The van der Waals surface area contributed by atoms with Crippen molar-refractivity contribution >= 4 is 17.7 Å². The smallest absolute Gasteiger partial charge is 0.0237 e. The summed E-state index contributed by atoms with van der Waals surface area (Å²) in [5.41, 5.74) is 0. The maximum Gasteiger partial charge on any atom is 0.0237 e. The summed E-state index contributed by atoms with van der Waals surface area (Å²) in [6.45, 7) is 2.29. The average Bonchev–Trinajstić information content (AvgIpc) is 2.84. The highest BCUT2D eigenvalue weighted by atomic mass is 31.2. The number of unbranched alkanes of at least 4 members (excludes halogenated alkanes) is 15. The van der Waals surface area contributed by atoms with Crippen molar-refractivity contribution in [2.45, 2.75) is 110 Å². The van der Waals surface area contributed by atoms with E-state index in [9.17, 15) is 5.16 Å². The van der Waals surface area contributed by atoms with Gasteiger partial charge in [-0.25, -0.2) is 0 Å². The molecule has 0 aliphatic heterocycles. The summed E-state index contributed by atoms with van der Waals surface area (Å²) < 4.78 is 0. The van der Waals surface area contributed by atoms with Gasteiger partial charge in [0.1, 0.15) is 0 Å². The Morgan fingerprint density at radius 1 is 0.469 bits per heavy atom. The minimum atomic E-state index is -2.01. The van der Waals surface area contributed by atoms with Crippen LogP contribution in [0.15, 0.2) is 60.7 Å². The molecule has 0 saturated heterocycles. The molecule has 178 valence electrons. The van der Waals surface area contributed by atoms with Crippen LogP contribution in [0.2, 0.25) is 0 Å². The van der Waals surface area contributed by atoms with Gasteiger partial charge in [0.15, 0.2) is 0 Å². The van der Waals surface area contributed by atoms with Gasteiger partial charge in [-0.3, -0.25) is 0 Å². The number of nitrogens with one attached hydrogen (secondary N) is 1. The molecule has 0 saturated carbocycles. The molecule has 2 heteroatoms. The van der Waals surface area contributed by atoms with Crippen molar-refractivity contribution in [3.8, 4) is 0 Å². The van der Waals surface area contributed by atoms with Crippen molar-refractivity contribution < 1.29 is 0 Å². The first-order chi connectivity index (χ1) is 15.8. The third-order valence-corrected chi connectivity index (χ3v) is 10.1. The summed E-state index contributed by atoms with van der Waals surface area (Å²) in [6, 6.07) is 21.2. The monoisotopic (exact) mass is 453 g/mol. The molecular weight excluding hydrogens is 405 g/mol. The van der Waals surface area contributed by atoms with E-state index in [0.29, 0.717) is 0 Å². The quantitative estimate of drug-likeness (QED) is 0.162. The maximum absolute atomic E-state index is 9.40. The highest BCUT2D eigenvalue weighted by Crippen LogP contribution is 2.45. The topological polar surface area (TPSA) is 23.9 Å². The second-order valence-electron chi connectivity index (χ2n) is 9.51. The first-order valence-corrected chi connectivity index (χ1v) is 15.5. The predicted octanol–water partition coefficient (Wildman–Crippen LogP) is 9.68. The van der Waals surface area contributed by atoms with Crippen molar-refractivity contribution in [2.24, 2.45) is 0 Å². The van der Waals surface area contributed by atoms with Gasteiger partial charge in [0.25, 0.3) is 0 Å². The number of benzene rings is 2. The average molecular weight is 454 g/mol. The molecule has 0 atom stereocenters. The largest absolute Gasteiger partial charge is 0.309 e.